The van der Waals surface area contributed by atoms with Crippen LogP contribution in [0, 0.1) is 6.92 Å². The van der Waals surface area contributed by atoms with Crippen molar-refractivity contribution in [2.75, 3.05) is 0 Å². The summed E-state index contributed by atoms with van der Waals surface area (Å²) in [5, 5.41) is 5.54. The molecule has 0 saturated carbocycles. The second-order valence-electron chi connectivity index (χ2n) is 8.21. The summed E-state index contributed by atoms with van der Waals surface area (Å²) in [5.74, 6) is -0.998. The van der Waals surface area contributed by atoms with Crippen LogP contribution in [0.25, 0.3) is 0 Å². The van der Waals surface area contributed by atoms with Gasteiger partial charge in [-0.3, -0.25) is 14.5 Å². The van der Waals surface area contributed by atoms with Crippen LogP contribution in [-0.2, 0) is 21.8 Å². The maximum atomic E-state index is 14.3. The van der Waals surface area contributed by atoms with Crippen LogP contribution in [0.3, 0.4) is 0 Å². The molecule has 0 aliphatic carbocycles. The number of thiazole rings is 1. The van der Waals surface area contributed by atoms with E-state index in [1.165, 1.54) is 42.5 Å². The van der Waals surface area contributed by atoms with Crippen molar-refractivity contribution in [1.29, 1.82) is 0 Å². The van der Waals surface area contributed by atoms with Crippen LogP contribution in [0.4, 0.5) is 13.2 Å². The summed E-state index contributed by atoms with van der Waals surface area (Å²) < 4.78 is 42.8. The first-order valence-corrected chi connectivity index (χ1v) is 12.2. The molecule has 0 N–H and O–H groups in total. The van der Waals surface area contributed by atoms with Gasteiger partial charge < -0.3 is 4.84 Å². The number of alkyl halides is 3. The van der Waals surface area contributed by atoms with Gasteiger partial charge in [0.05, 0.1) is 23.5 Å². The maximum absolute atomic E-state index is 14.3. The SMILES string of the molecule is CC(=O)N(Cc1cscn1)C(=O)c1ccc(C2=NOC(c3cc(Cl)cc(Cl)c3)(C(F)(F)F)C2)cc1C. The number of amides is 2. The number of carbonyl (C=O) groups excluding carboxylic acids is 2. The van der Waals surface area contributed by atoms with Gasteiger partial charge >= 0.3 is 6.18 Å². The molecule has 2 amide bonds. The Bertz CT molecular complexity index is 1340. The van der Waals surface area contributed by atoms with E-state index in [1.807, 2.05) is 0 Å². The summed E-state index contributed by atoms with van der Waals surface area (Å²) in [4.78, 5) is 35.4. The molecule has 1 atom stereocenters. The van der Waals surface area contributed by atoms with E-state index in [4.69, 9.17) is 28.0 Å². The van der Waals surface area contributed by atoms with E-state index in [-0.39, 0.29) is 33.4 Å². The summed E-state index contributed by atoms with van der Waals surface area (Å²) >= 11 is 13.2. The number of hydrogen-bond acceptors (Lipinski definition) is 6. The standard InChI is InChI=1S/C24H18Cl2F3N3O3S/c1-13-5-15(3-4-20(13)22(34)32(14(2)33)10-19-11-36-12-30-19)21-9-23(35-31-21,24(27,28)29)16-6-17(25)8-18(26)7-16/h3-8,11-12H,9-10H2,1-2H3. The van der Waals surface area contributed by atoms with Crippen molar-refractivity contribution in [1.82, 2.24) is 9.88 Å². The number of nitrogens with zero attached hydrogens (tertiary/aromatic N) is 3. The van der Waals surface area contributed by atoms with Crippen molar-refractivity contribution in [2.45, 2.75) is 38.6 Å². The number of hydrogen-bond donors (Lipinski definition) is 0. The number of benzene rings is 2. The van der Waals surface area contributed by atoms with Crippen LogP contribution in [0.15, 0.2) is 52.4 Å². The van der Waals surface area contributed by atoms with Gasteiger partial charge in [-0.1, -0.05) is 34.4 Å². The molecule has 0 radical (unpaired) electrons. The Morgan fingerprint density at radius 2 is 1.86 bits per heavy atom. The van der Waals surface area contributed by atoms with Gasteiger partial charge in [0.25, 0.3) is 11.5 Å². The first kappa shape index (κ1) is 26.1. The molecule has 0 saturated heterocycles. The minimum atomic E-state index is -4.82. The molecule has 12 heteroatoms. The predicted octanol–water partition coefficient (Wildman–Crippen LogP) is 6.53. The zero-order valence-corrected chi connectivity index (χ0v) is 21.2. The van der Waals surface area contributed by atoms with E-state index >= 15 is 0 Å². The number of rotatable bonds is 5. The van der Waals surface area contributed by atoms with Crippen molar-refractivity contribution in [3.05, 3.63) is 85.3 Å². The molecule has 1 aliphatic heterocycles. The minimum Gasteiger partial charge on any atom is -0.374 e. The second-order valence-corrected chi connectivity index (χ2v) is 9.80. The third-order valence-electron chi connectivity index (χ3n) is 5.73. The molecule has 2 aromatic carbocycles. The highest BCUT2D eigenvalue weighted by Gasteiger charge is 2.62. The highest BCUT2D eigenvalue weighted by atomic mass is 35.5. The Hall–Kier alpha value is -2.95. The lowest BCUT2D eigenvalue weighted by Crippen LogP contribution is -2.42. The summed E-state index contributed by atoms with van der Waals surface area (Å²) in [6, 6.07) is 8.08. The maximum Gasteiger partial charge on any atom is 0.435 e. The van der Waals surface area contributed by atoms with E-state index in [9.17, 15) is 22.8 Å². The van der Waals surface area contributed by atoms with E-state index < -0.39 is 30.0 Å². The molecular formula is C24H18Cl2F3N3O3S. The number of halogens is 5. The smallest absolute Gasteiger partial charge is 0.374 e. The fourth-order valence-electron chi connectivity index (χ4n) is 3.88. The number of carbonyl (C=O) groups is 2. The van der Waals surface area contributed by atoms with Crippen LogP contribution < -0.4 is 0 Å². The fraction of sp³-hybridized carbons (Fsp3) is 0.250. The molecule has 1 aliphatic rings. The van der Waals surface area contributed by atoms with Gasteiger partial charge in [0, 0.05) is 39.9 Å². The number of oxime groups is 1. The Morgan fingerprint density at radius 3 is 2.42 bits per heavy atom. The normalized spacial score (nSPS) is 17.5. The predicted molar refractivity (Wildman–Crippen MR) is 130 cm³/mol. The van der Waals surface area contributed by atoms with Gasteiger partial charge in [0.15, 0.2) is 0 Å². The largest absolute Gasteiger partial charge is 0.435 e. The van der Waals surface area contributed by atoms with Crippen LogP contribution in [0.2, 0.25) is 10.0 Å². The van der Waals surface area contributed by atoms with Crippen molar-refractivity contribution in [2.24, 2.45) is 5.16 Å². The molecule has 1 aromatic heterocycles. The van der Waals surface area contributed by atoms with Crippen molar-refractivity contribution in [3.8, 4) is 0 Å². The summed E-state index contributed by atoms with van der Waals surface area (Å²) in [6.07, 6.45) is -5.45. The van der Waals surface area contributed by atoms with Gasteiger partial charge in [0.1, 0.15) is 0 Å². The zero-order valence-electron chi connectivity index (χ0n) is 18.9. The molecule has 2 heterocycles. The van der Waals surface area contributed by atoms with Crippen LogP contribution >= 0.6 is 34.5 Å². The summed E-state index contributed by atoms with van der Waals surface area (Å²) in [7, 11) is 0. The monoisotopic (exact) mass is 555 g/mol. The van der Waals surface area contributed by atoms with E-state index in [0.717, 1.165) is 17.0 Å². The highest BCUT2D eigenvalue weighted by Crippen LogP contribution is 2.49. The van der Waals surface area contributed by atoms with Crippen molar-refractivity contribution in [3.63, 3.8) is 0 Å². The van der Waals surface area contributed by atoms with Crippen LogP contribution in [0.5, 0.6) is 0 Å². The molecule has 3 aromatic rings. The first-order chi connectivity index (χ1) is 16.9. The molecule has 36 heavy (non-hydrogen) atoms. The average molecular weight is 556 g/mol. The third-order valence-corrected chi connectivity index (χ3v) is 6.81. The lowest BCUT2D eigenvalue weighted by atomic mass is 9.86. The Labute approximate surface area is 218 Å². The molecular weight excluding hydrogens is 538 g/mol. The molecule has 188 valence electrons. The van der Waals surface area contributed by atoms with Crippen LogP contribution in [0.1, 0.15) is 46.1 Å². The van der Waals surface area contributed by atoms with Gasteiger partial charge in [-0.05, 0) is 48.4 Å². The molecule has 0 spiro atoms. The fourth-order valence-corrected chi connectivity index (χ4v) is 4.95. The second kappa shape index (κ2) is 9.84. The molecule has 0 fully saturated rings. The van der Waals surface area contributed by atoms with Crippen molar-refractivity contribution >= 4 is 52.1 Å². The van der Waals surface area contributed by atoms with Gasteiger partial charge in [0.2, 0.25) is 5.91 Å². The molecule has 0 bridgehead atoms. The Kier molecular flexibility index (Phi) is 7.14. The first-order valence-electron chi connectivity index (χ1n) is 10.5. The average Bonchev–Trinajstić information content (AvgIpc) is 3.46. The third kappa shape index (κ3) is 4.98. The summed E-state index contributed by atoms with van der Waals surface area (Å²) in [6.45, 7) is 2.91. The van der Waals surface area contributed by atoms with Gasteiger partial charge in [-0.25, -0.2) is 4.98 Å². The Balaban J connectivity index is 1.62. The molecule has 4 rings (SSSR count). The topological polar surface area (TPSA) is 71.9 Å². The summed E-state index contributed by atoms with van der Waals surface area (Å²) in [5.41, 5.74) is 0.203. The van der Waals surface area contributed by atoms with Gasteiger partial charge in [-0.2, -0.15) is 13.2 Å². The molecule has 1 unspecified atom stereocenters. The number of imide groups is 1. The number of aryl methyl sites for hydroxylation is 1. The van der Waals surface area contributed by atoms with Gasteiger partial charge in [-0.15, -0.1) is 11.3 Å². The van der Waals surface area contributed by atoms with E-state index in [0.29, 0.717) is 16.8 Å². The molecule has 6 nitrogen and oxygen atoms in total. The van der Waals surface area contributed by atoms with Crippen molar-refractivity contribution < 1.29 is 27.6 Å². The van der Waals surface area contributed by atoms with Crippen LogP contribution in [-0.4, -0.2) is 33.6 Å². The zero-order chi connectivity index (χ0) is 26.3. The lowest BCUT2D eigenvalue weighted by Gasteiger charge is -2.29. The van der Waals surface area contributed by atoms with E-state index in [2.05, 4.69) is 10.1 Å². The lowest BCUT2D eigenvalue weighted by molar-refractivity contribution is -0.275. The Morgan fingerprint density at radius 1 is 1.17 bits per heavy atom. The quantitative estimate of drug-likeness (QED) is 0.359. The van der Waals surface area contributed by atoms with E-state index in [1.54, 1.807) is 17.8 Å². The highest BCUT2D eigenvalue weighted by molar-refractivity contribution is 7.07. The number of aromatic nitrogens is 1. The minimum absolute atomic E-state index is 0.00963.